The third kappa shape index (κ3) is 4.71. The highest BCUT2D eigenvalue weighted by Crippen LogP contribution is 2.39. The molecule has 0 saturated heterocycles. The monoisotopic (exact) mass is 509 g/mol. The fourth-order valence-electron chi connectivity index (χ4n) is 2.57. The van der Waals surface area contributed by atoms with Crippen LogP contribution in [0.15, 0.2) is 50.1 Å². The molecule has 0 spiro atoms. The molecule has 2 aromatic carbocycles. The average molecular weight is 511 g/mol. The van der Waals surface area contributed by atoms with E-state index >= 15 is 0 Å². The molecule has 146 valence electrons. The largest absolute Gasteiger partial charge is 0.466 e. The van der Waals surface area contributed by atoms with Gasteiger partial charge in [-0.15, -0.1) is 5.10 Å². The van der Waals surface area contributed by atoms with E-state index in [-0.39, 0.29) is 17.9 Å². The van der Waals surface area contributed by atoms with E-state index in [1.165, 1.54) is 0 Å². The van der Waals surface area contributed by atoms with Gasteiger partial charge >= 0.3 is 5.97 Å². The quantitative estimate of drug-likeness (QED) is 0.451. The van der Waals surface area contributed by atoms with Gasteiger partial charge in [0.2, 0.25) is 5.88 Å². The summed E-state index contributed by atoms with van der Waals surface area (Å²) in [6.45, 7) is 2.60. The molecule has 0 atom stereocenters. The van der Waals surface area contributed by atoms with Gasteiger partial charge in [-0.05, 0) is 63.0 Å². The number of benzene rings is 2. The fourth-order valence-corrected chi connectivity index (χ4v) is 3.91. The molecule has 0 aliphatic heterocycles. The van der Waals surface area contributed by atoms with E-state index < -0.39 is 0 Å². The van der Waals surface area contributed by atoms with E-state index in [0.717, 1.165) is 5.69 Å². The molecule has 1 heterocycles. The van der Waals surface area contributed by atoms with Gasteiger partial charge in [-0.2, -0.15) is 0 Å². The Labute approximate surface area is 177 Å². The maximum atomic E-state index is 11.9. The lowest BCUT2D eigenvalue weighted by molar-refractivity contribution is -0.142. The van der Waals surface area contributed by atoms with Crippen LogP contribution in [-0.4, -0.2) is 29.3 Å². The molecule has 1 aromatic heterocycles. The molecule has 0 radical (unpaired) electrons. The van der Waals surface area contributed by atoms with Gasteiger partial charge in [0.05, 0.1) is 32.7 Å². The average Bonchev–Trinajstić information content (AvgIpc) is 2.67. The van der Waals surface area contributed by atoms with Crippen LogP contribution in [0.1, 0.15) is 13.3 Å². The van der Waals surface area contributed by atoms with Crippen LogP contribution < -0.4 is 15.6 Å². The lowest BCUT2D eigenvalue weighted by Gasteiger charge is -2.13. The molecule has 0 bridgehead atoms. The number of H-pyrrole nitrogens is 1. The Bertz CT molecular complexity index is 1050. The molecule has 7 nitrogen and oxygen atoms in total. The zero-order valence-corrected chi connectivity index (χ0v) is 18.1. The summed E-state index contributed by atoms with van der Waals surface area (Å²) in [5.74, 6) is 0.560. The Balaban J connectivity index is 1.80. The summed E-state index contributed by atoms with van der Waals surface area (Å²) >= 11 is 6.99. The van der Waals surface area contributed by atoms with Crippen LogP contribution in [0.3, 0.4) is 0 Å². The van der Waals surface area contributed by atoms with Gasteiger partial charge in [0.25, 0.3) is 5.56 Å². The van der Waals surface area contributed by atoms with Gasteiger partial charge in [-0.1, -0.05) is 12.1 Å². The number of hydrogen-bond acceptors (Lipinski definition) is 6. The van der Waals surface area contributed by atoms with E-state index in [0.29, 0.717) is 44.5 Å². The number of carbonyl (C=O) groups is 1. The first-order valence-electron chi connectivity index (χ1n) is 8.53. The molecule has 0 unspecified atom stereocenters. The minimum absolute atomic E-state index is 0.246. The molecular weight excluding hydrogens is 494 g/mol. The molecule has 0 aliphatic carbocycles. The predicted molar refractivity (Wildman–Crippen MR) is 114 cm³/mol. The van der Waals surface area contributed by atoms with E-state index in [1.54, 1.807) is 25.1 Å². The molecule has 9 heteroatoms. The molecule has 0 amide bonds. The highest BCUT2D eigenvalue weighted by molar-refractivity contribution is 9.11. The first-order chi connectivity index (χ1) is 13.5. The van der Waals surface area contributed by atoms with Crippen molar-refractivity contribution < 1.29 is 14.3 Å². The van der Waals surface area contributed by atoms with Crippen molar-refractivity contribution in [2.45, 2.75) is 13.3 Å². The highest BCUT2D eigenvalue weighted by Gasteiger charge is 2.14. The summed E-state index contributed by atoms with van der Waals surface area (Å²) in [4.78, 5) is 23.3. The standard InChI is InChI=1S/C19H17Br2N3O4/c1-2-27-16(25)7-8-22-11-9-14(20)17(15(21)10-11)28-19-13-6-4-3-5-12(13)18(26)23-24-19/h3-6,9-10,22H,2,7-8H2,1H3,(H,23,26). The smallest absolute Gasteiger partial charge is 0.307 e. The molecular formula is C19H17Br2N3O4. The number of esters is 1. The topological polar surface area (TPSA) is 93.3 Å². The molecule has 28 heavy (non-hydrogen) atoms. The number of fused-ring (bicyclic) bond motifs is 1. The second-order valence-electron chi connectivity index (χ2n) is 5.76. The Morgan fingerprint density at radius 2 is 1.86 bits per heavy atom. The van der Waals surface area contributed by atoms with Crippen LogP contribution >= 0.6 is 31.9 Å². The number of aromatic nitrogens is 2. The molecule has 3 rings (SSSR count). The van der Waals surface area contributed by atoms with Crippen molar-refractivity contribution in [3.63, 3.8) is 0 Å². The summed E-state index contributed by atoms with van der Waals surface area (Å²) in [5.41, 5.74) is 0.525. The summed E-state index contributed by atoms with van der Waals surface area (Å²) in [6.07, 6.45) is 0.272. The number of anilines is 1. The first kappa shape index (κ1) is 20.3. The molecule has 0 saturated carbocycles. The van der Waals surface area contributed by atoms with Crippen LogP contribution in [0.5, 0.6) is 11.6 Å². The maximum absolute atomic E-state index is 11.9. The second-order valence-corrected chi connectivity index (χ2v) is 7.47. The molecule has 2 N–H and O–H groups in total. The van der Waals surface area contributed by atoms with Gasteiger partial charge in [-0.3, -0.25) is 9.59 Å². The van der Waals surface area contributed by atoms with Crippen molar-refractivity contribution in [3.05, 3.63) is 55.7 Å². The van der Waals surface area contributed by atoms with Gasteiger partial charge in [-0.25, -0.2) is 5.10 Å². The Hall–Kier alpha value is -2.39. The van der Waals surface area contributed by atoms with Crippen LogP contribution in [0.4, 0.5) is 5.69 Å². The third-order valence-electron chi connectivity index (χ3n) is 3.82. The number of ether oxygens (including phenoxy) is 2. The zero-order chi connectivity index (χ0) is 20.1. The number of aromatic amines is 1. The van der Waals surface area contributed by atoms with Crippen molar-refractivity contribution in [2.24, 2.45) is 0 Å². The lowest BCUT2D eigenvalue weighted by atomic mass is 10.2. The van der Waals surface area contributed by atoms with Crippen LogP contribution in [0.2, 0.25) is 0 Å². The zero-order valence-electron chi connectivity index (χ0n) is 14.9. The summed E-state index contributed by atoms with van der Waals surface area (Å²) < 4.78 is 12.2. The fraction of sp³-hybridized carbons (Fsp3) is 0.211. The minimum atomic E-state index is -0.276. The Morgan fingerprint density at radius 1 is 1.18 bits per heavy atom. The molecule has 0 aliphatic rings. The lowest BCUT2D eigenvalue weighted by Crippen LogP contribution is -2.11. The second kappa shape index (κ2) is 9.20. The van der Waals surface area contributed by atoms with Crippen molar-refractivity contribution in [1.29, 1.82) is 0 Å². The van der Waals surface area contributed by atoms with Crippen LogP contribution in [0, 0.1) is 0 Å². The summed E-state index contributed by atoms with van der Waals surface area (Å²) in [6, 6.07) is 10.8. The number of rotatable bonds is 7. The van der Waals surface area contributed by atoms with Crippen molar-refractivity contribution in [1.82, 2.24) is 10.2 Å². The normalized spacial score (nSPS) is 10.7. The third-order valence-corrected chi connectivity index (χ3v) is 5.00. The molecule has 3 aromatic rings. The Kier molecular flexibility index (Phi) is 6.69. The number of halogens is 2. The van der Waals surface area contributed by atoms with Crippen molar-refractivity contribution in [3.8, 4) is 11.6 Å². The highest BCUT2D eigenvalue weighted by atomic mass is 79.9. The van der Waals surface area contributed by atoms with Gasteiger partial charge in [0, 0.05) is 12.2 Å². The van der Waals surface area contributed by atoms with E-state index in [4.69, 9.17) is 9.47 Å². The van der Waals surface area contributed by atoms with Gasteiger partial charge < -0.3 is 14.8 Å². The van der Waals surface area contributed by atoms with Gasteiger partial charge in [0.1, 0.15) is 0 Å². The first-order valence-corrected chi connectivity index (χ1v) is 10.1. The summed E-state index contributed by atoms with van der Waals surface area (Å²) in [5, 5.41) is 10.7. The van der Waals surface area contributed by atoms with Crippen LogP contribution in [-0.2, 0) is 9.53 Å². The van der Waals surface area contributed by atoms with E-state index in [9.17, 15) is 9.59 Å². The van der Waals surface area contributed by atoms with E-state index in [1.807, 2.05) is 18.2 Å². The molecule has 0 fully saturated rings. The van der Waals surface area contributed by atoms with E-state index in [2.05, 4.69) is 47.4 Å². The maximum Gasteiger partial charge on any atom is 0.307 e. The van der Waals surface area contributed by atoms with Gasteiger partial charge in [0.15, 0.2) is 5.75 Å². The van der Waals surface area contributed by atoms with Crippen LogP contribution in [0.25, 0.3) is 10.8 Å². The minimum Gasteiger partial charge on any atom is -0.466 e. The van der Waals surface area contributed by atoms with Crippen molar-refractivity contribution >= 4 is 54.3 Å². The SMILES string of the molecule is CCOC(=O)CCNc1cc(Br)c(Oc2n[nH]c(=O)c3ccccc23)c(Br)c1. The number of nitrogens with one attached hydrogen (secondary N) is 2. The van der Waals surface area contributed by atoms with Crippen molar-refractivity contribution in [2.75, 3.05) is 18.5 Å². The number of carbonyl (C=O) groups excluding carboxylic acids is 1. The number of nitrogens with zero attached hydrogens (tertiary/aromatic N) is 1. The number of hydrogen-bond donors (Lipinski definition) is 2. The Morgan fingerprint density at radius 3 is 2.54 bits per heavy atom. The summed E-state index contributed by atoms with van der Waals surface area (Å²) in [7, 11) is 0. The predicted octanol–water partition coefficient (Wildman–Crippen LogP) is 4.61.